The SMILES string of the molecule is N#Cc1ccc(OC2CCC(NC(=O)c3ccc(N4CCC(O[C@@H]5CCN(c6ccc7c(c6)C(=O)N(C6CCC(=O)NC6=O)C7=O)C5)CC4)cc3)CC2)cc1Cl. The maximum Gasteiger partial charge on any atom is 0.262 e. The van der Waals surface area contributed by atoms with E-state index < -0.39 is 29.7 Å². The van der Waals surface area contributed by atoms with Gasteiger partial charge in [0.05, 0.1) is 40.0 Å². The first-order chi connectivity index (χ1) is 27.1. The van der Waals surface area contributed by atoms with Crippen LogP contribution in [-0.4, -0.2) is 91.0 Å². The van der Waals surface area contributed by atoms with Crippen molar-refractivity contribution in [3.63, 3.8) is 0 Å². The molecule has 1 unspecified atom stereocenters. The van der Waals surface area contributed by atoms with Gasteiger partial charge in [0, 0.05) is 61.6 Å². The normalized spacial score (nSPS) is 24.2. The molecule has 4 heterocycles. The van der Waals surface area contributed by atoms with E-state index in [1.165, 1.54) is 0 Å². The molecule has 1 saturated carbocycles. The Hall–Kier alpha value is -5.45. The number of rotatable bonds is 9. The lowest BCUT2D eigenvalue weighted by Crippen LogP contribution is -2.54. The van der Waals surface area contributed by atoms with Gasteiger partial charge in [0.15, 0.2) is 0 Å². The maximum atomic E-state index is 13.3. The third-order valence-corrected chi connectivity index (χ3v) is 11.9. The van der Waals surface area contributed by atoms with Gasteiger partial charge in [-0.3, -0.25) is 34.2 Å². The Morgan fingerprint density at radius 2 is 1.46 bits per heavy atom. The summed E-state index contributed by atoms with van der Waals surface area (Å²) in [6, 6.07) is 19.3. The molecule has 3 aromatic carbocycles. The Kier molecular flexibility index (Phi) is 10.7. The summed E-state index contributed by atoms with van der Waals surface area (Å²) >= 11 is 6.15. The summed E-state index contributed by atoms with van der Waals surface area (Å²) in [6.07, 6.45) is 6.29. The Morgan fingerprint density at radius 1 is 0.768 bits per heavy atom. The molecule has 3 aromatic rings. The highest BCUT2D eigenvalue weighted by molar-refractivity contribution is 6.31. The Balaban J connectivity index is 0.769. The number of halogens is 1. The summed E-state index contributed by atoms with van der Waals surface area (Å²) < 4.78 is 12.7. The van der Waals surface area contributed by atoms with E-state index in [1.54, 1.807) is 30.3 Å². The molecule has 5 amide bonds. The van der Waals surface area contributed by atoms with Crippen LogP contribution >= 0.6 is 11.6 Å². The quantitative estimate of drug-likeness (QED) is 0.283. The summed E-state index contributed by atoms with van der Waals surface area (Å²) in [6.45, 7) is 3.12. The predicted octanol–water partition coefficient (Wildman–Crippen LogP) is 5.00. The van der Waals surface area contributed by atoms with Gasteiger partial charge in [0.2, 0.25) is 11.8 Å². The maximum absolute atomic E-state index is 13.3. The average Bonchev–Trinajstić information content (AvgIpc) is 3.77. The van der Waals surface area contributed by atoms with Crippen molar-refractivity contribution in [2.75, 3.05) is 36.0 Å². The number of carbonyl (C=O) groups is 5. The van der Waals surface area contributed by atoms with Crippen LogP contribution in [0.3, 0.4) is 0 Å². The molecule has 290 valence electrons. The molecule has 2 N–H and O–H groups in total. The first-order valence-electron chi connectivity index (χ1n) is 19.4. The third kappa shape index (κ3) is 7.81. The molecule has 13 nitrogen and oxygen atoms in total. The molecular weight excluding hydrogens is 736 g/mol. The zero-order chi connectivity index (χ0) is 38.9. The second kappa shape index (κ2) is 16.0. The van der Waals surface area contributed by atoms with Crippen molar-refractivity contribution >= 4 is 52.5 Å². The third-order valence-electron chi connectivity index (χ3n) is 11.6. The first kappa shape index (κ1) is 37.5. The number of hydrogen-bond acceptors (Lipinski definition) is 10. The number of nitrogens with one attached hydrogen (secondary N) is 2. The number of nitriles is 1. The van der Waals surface area contributed by atoms with Crippen molar-refractivity contribution in [2.24, 2.45) is 0 Å². The van der Waals surface area contributed by atoms with Crippen molar-refractivity contribution in [2.45, 2.75) is 88.2 Å². The van der Waals surface area contributed by atoms with E-state index in [0.29, 0.717) is 28.4 Å². The topological polar surface area (TPSA) is 161 Å². The van der Waals surface area contributed by atoms with Crippen molar-refractivity contribution < 1.29 is 33.4 Å². The average molecular weight is 779 g/mol. The van der Waals surface area contributed by atoms with Gasteiger partial charge in [0.1, 0.15) is 17.9 Å². The number of nitrogens with zero attached hydrogens (tertiary/aromatic N) is 4. The van der Waals surface area contributed by atoms with Gasteiger partial charge in [-0.1, -0.05) is 11.6 Å². The van der Waals surface area contributed by atoms with Crippen molar-refractivity contribution in [1.82, 2.24) is 15.5 Å². The van der Waals surface area contributed by atoms with E-state index >= 15 is 0 Å². The summed E-state index contributed by atoms with van der Waals surface area (Å²) in [4.78, 5) is 69.0. The lowest BCUT2D eigenvalue weighted by Gasteiger charge is -2.35. The van der Waals surface area contributed by atoms with Gasteiger partial charge in [-0.2, -0.15) is 5.26 Å². The van der Waals surface area contributed by atoms with Crippen LogP contribution in [0.4, 0.5) is 11.4 Å². The molecule has 0 bridgehead atoms. The highest BCUT2D eigenvalue weighted by Crippen LogP contribution is 2.33. The number of imide groups is 2. The number of amides is 5. The zero-order valence-electron chi connectivity index (χ0n) is 30.9. The van der Waals surface area contributed by atoms with E-state index in [2.05, 4.69) is 26.5 Å². The van der Waals surface area contributed by atoms with Crippen molar-refractivity contribution in [3.8, 4) is 11.8 Å². The number of carbonyl (C=O) groups excluding carboxylic acids is 5. The minimum absolute atomic E-state index is 0.0364. The van der Waals surface area contributed by atoms with Crippen LogP contribution in [0.15, 0.2) is 60.7 Å². The minimum atomic E-state index is -0.988. The number of benzene rings is 3. The van der Waals surface area contributed by atoms with E-state index in [9.17, 15) is 24.0 Å². The van der Waals surface area contributed by atoms with E-state index in [0.717, 1.165) is 80.9 Å². The Labute approximate surface area is 329 Å². The lowest BCUT2D eigenvalue weighted by atomic mass is 9.92. The summed E-state index contributed by atoms with van der Waals surface area (Å²) in [5.74, 6) is -1.46. The fourth-order valence-electron chi connectivity index (χ4n) is 8.52. The molecule has 0 radical (unpaired) electrons. The number of anilines is 2. The lowest BCUT2D eigenvalue weighted by molar-refractivity contribution is -0.136. The number of ether oxygens (including phenoxy) is 2. The molecule has 5 aliphatic rings. The van der Waals surface area contributed by atoms with Crippen LogP contribution in [0.25, 0.3) is 0 Å². The van der Waals surface area contributed by atoms with Gasteiger partial charge >= 0.3 is 0 Å². The van der Waals surface area contributed by atoms with E-state index in [1.807, 2.05) is 30.3 Å². The molecule has 3 saturated heterocycles. The first-order valence-corrected chi connectivity index (χ1v) is 19.8. The molecule has 56 heavy (non-hydrogen) atoms. The number of hydrogen-bond donors (Lipinski definition) is 2. The molecule has 0 spiro atoms. The van der Waals surface area contributed by atoms with Crippen LogP contribution in [0, 0.1) is 11.3 Å². The van der Waals surface area contributed by atoms with Crippen molar-refractivity contribution in [1.29, 1.82) is 5.26 Å². The van der Waals surface area contributed by atoms with Gasteiger partial charge in [-0.25, -0.2) is 0 Å². The van der Waals surface area contributed by atoms with E-state index in [4.69, 9.17) is 26.3 Å². The molecule has 0 aromatic heterocycles. The van der Waals surface area contributed by atoms with Crippen LogP contribution in [0.5, 0.6) is 5.75 Å². The van der Waals surface area contributed by atoms with Gasteiger partial charge in [-0.05, 0) is 106 Å². The predicted molar refractivity (Wildman–Crippen MR) is 207 cm³/mol. The van der Waals surface area contributed by atoms with Crippen LogP contribution < -0.4 is 25.2 Å². The standard InChI is InChI=1S/C42H43ClN6O7/c43-36-22-32(9-3-26(36)23-44)55-30-10-4-27(5-11-30)45-39(51)25-1-6-28(7-2-25)47-18-15-31(16-19-47)56-33-17-20-48(24-33)29-8-12-34-35(21-29)42(54)49(41(34)53)37-13-14-38(50)46-40(37)52/h1-3,6-9,12,21-22,27,30-31,33,37H,4-5,10-11,13-20,24H2,(H,45,51)(H,46,50,52)/t27?,30?,33-,37?/m1/s1. The van der Waals surface area contributed by atoms with Crippen LogP contribution in [0.2, 0.25) is 5.02 Å². The highest BCUT2D eigenvalue weighted by atomic mass is 35.5. The fraction of sp³-hybridized carbons (Fsp3) is 0.429. The molecule has 2 atom stereocenters. The van der Waals surface area contributed by atoms with Gasteiger partial charge in [-0.15, -0.1) is 0 Å². The molecule has 1 aliphatic carbocycles. The minimum Gasteiger partial charge on any atom is -0.490 e. The summed E-state index contributed by atoms with van der Waals surface area (Å²) in [5, 5.41) is 14.9. The second-order valence-corrected chi connectivity index (χ2v) is 15.6. The molecule has 4 fully saturated rings. The summed E-state index contributed by atoms with van der Waals surface area (Å²) in [7, 11) is 0. The van der Waals surface area contributed by atoms with E-state index in [-0.39, 0.29) is 54.2 Å². The molecule has 14 heteroatoms. The zero-order valence-corrected chi connectivity index (χ0v) is 31.6. The van der Waals surface area contributed by atoms with Crippen LogP contribution in [0.1, 0.15) is 94.4 Å². The summed E-state index contributed by atoms with van der Waals surface area (Å²) in [5.41, 5.74) is 3.51. The highest BCUT2D eigenvalue weighted by Gasteiger charge is 2.45. The van der Waals surface area contributed by atoms with Crippen LogP contribution in [-0.2, 0) is 14.3 Å². The number of piperidine rings is 2. The largest absolute Gasteiger partial charge is 0.490 e. The van der Waals surface area contributed by atoms with Gasteiger partial charge < -0.3 is 24.6 Å². The van der Waals surface area contributed by atoms with Gasteiger partial charge in [0.25, 0.3) is 17.7 Å². The molecular formula is C42H43ClN6O7. The fourth-order valence-corrected chi connectivity index (χ4v) is 8.73. The number of fused-ring (bicyclic) bond motifs is 1. The Morgan fingerprint density at radius 3 is 2.18 bits per heavy atom. The monoisotopic (exact) mass is 778 g/mol. The smallest absolute Gasteiger partial charge is 0.262 e. The molecule has 8 rings (SSSR count). The van der Waals surface area contributed by atoms with Crippen molar-refractivity contribution in [3.05, 3.63) is 87.9 Å². The second-order valence-electron chi connectivity index (χ2n) is 15.2. The molecule has 4 aliphatic heterocycles. The Bertz CT molecular complexity index is 2090.